The molecule has 1 aliphatic rings. The molecule has 0 bridgehead atoms. The minimum Gasteiger partial charge on any atom is -0.465 e. The van der Waals surface area contributed by atoms with Gasteiger partial charge in [0.15, 0.2) is 0 Å². The predicted octanol–water partition coefficient (Wildman–Crippen LogP) is 3.14. The Hall–Kier alpha value is -1.77. The van der Waals surface area contributed by atoms with E-state index >= 15 is 0 Å². The van der Waals surface area contributed by atoms with Crippen molar-refractivity contribution >= 4 is 16.9 Å². The number of ether oxygens (including phenoxy) is 1. The molecular formula is C15H17NO2. The summed E-state index contributed by atoms with van der Waals surface area (Å²) in [6.45, 7) is 1.92. The lowest BCUT2D eigenvalue weighted by atomic mass is 9.90. The number of aromatic amines is 1. The number of rotatable bonds is 1. The number of H-pyrrole nitrogens is 1. The standard InChI is InChI=1S/C15H17NO2/c1-9-14(15(17)18-2)12-7-10-5-3-4-6-11(10)8-13(12)16-9/h7-8,16H,3-6H2,1-2H3. The molecule has 0 saturated heterocycles. The minimum absolute atomic E-state index is 0.255. The number of nitrogens with one attached hydrogen (secondary N) is 1. The fourth-order valence-corrected chi connectivity index (χ4v) is 2.93. The molecule has 0 atom stereocenters. The zero-order valence-corrected chi connectivity index (χ0v) is 10.8. The van der Waals surface area contributed by atoms with Gasteiger partial charge >= 0.3 is 5.97 Å². The number of methoxy groups -OCH3 is 1. The second kappa shape index (κ2) is 4.16. The molecule has 1 N–H and O–H groups in total. The fraction of sp³-hybridized carbons (Fsp3) is 0.400. The third kappa shape index (κ3) is 1.62. The van der Waals surface area contributed by atoms with E-state index in [1.807, 2.05) is 6.92 Å². The first-order valence-corrected chi connectivity index (χ1v) is 6.43. The van der Waals surface area contributed by atoms with Gasteiger partial charge in [-0.1, -0.05) is 0 Å². The van der Waals surface area contributed by atoms with Crippen LogP contribution in [0.4, 0.5) is 0 Å². The molecule has 1 aromatic carbocycles. The first-order chi connectivity index (χ1) is 8.70. The predicted molar refractivity (Wildman–Crippen MR) is 71.0 cm³/mol. The molecule has 2 aromatic rings. The number of carbonyl (C=O) groups is 1. The van der Waals surface area contributed by atoms with Crippen LogP contribution in [0.15, 0.2) is 12.1 Å². The number of aromatic nitrogens is 1. The van der Waals surface area contributed by atoms with Gasteiger partial charge in [-0.2, -0.15) is 0 Å². The molecule has 0 unspecified atom stereocenters. The Bertz CT molecular complexity index is 625. The van der Waals surface area contributed by atoms with Crippen LogP contribution in [-0.2, 0) is 17.6 Å². The van der Waals surface area contributed by atoms with E-state index in [4.69, 9.17) is 4.74 Å². The monoisotopic (exact) mass is 243 g/mol. The molecule has 0 fully saturated rings. The third-order valence-electron chi connectivity index (χ3n) is 3.84. The Morgan fingerprint density at radius 3 is 2.56 bits per heavy atom. The second-order valence-electron chi connectivity index (χ2n) is 4.99. The average Bonchev–Trinajstić information content (AvgIpc) is 2.70. The molecule has 1 aromatic heterocycles. The molecule has 1 heterocycles. The van der Waals surface area contributed by atoms with Gasteiger partial charge < -0.3 is 9.72 Å². The highest BCUT2D eigenvalue weighted by atomic mass is 16.5. The van der Waals surface area contributed by atoms with E-state index in [2.05, 4.69) is 17.1 Å². The van der Waals surface area contributed by atoms with E-state index in [0.717, 1.165) is 29.4 Å². The Kier molecular flexibility index (Phi) is 2.62. The summed E-state index contributed by atoms with van der Waals surface area (Å²) < 4.78 is 4.87. The van der Waals surface area contributed by atoms with Crippen molar-refractivity contribution in [2.75, 3.05) is 7.11 Å². The Morgan fingerprint density at radius 1 is 1.22 bits per heavy atom. The highest BCUT2D eigenvalue weighted by molar-refractivity contribution is 6.05. The van der Waals surface area contributed by atoms with Gasteiger partial charge in [-0.25, -0.2) is 4.79 Å². The largest absolute Gasteiger partial charge is 0.465 e. The van der Waals surface area contributed by atoms with Gasteiger partial charge in [0.2, 0.25) is 0 Å². The van der Waals surface area contributed by atoms with Crippen molar-refractivity contribution in [1.29, 1.82) is 0 Å². The molecule has 3 rings (SSSR count). The number of hydrogen-bond acceptors (Lipinski definition) is 2. The molecule has 1 aliphatic carbocycles. The molecule has 0 aliphatic heterocycles. The normalized spacial score (nSPS) is 14.6. The van der Waals surface area contributed by atoms with E-state index in [9.17, 15) is 4.79 Å². The first-order valence-electron chi connectivity index (χ1n) is 6.43. The van der Waals surface area contributed by atoms with Crippen molar-refractivity contribution in [2.24, 2.45) is 0 Å². The highest BCUT2D eigenvalue weighted by Crippen LogP contribution is 2.30. The molecular weight excluding hydrogens is 226 g/mol. The number of aryl methyl sites for hydroxylation is 3. The molecule has 18 heavy (non-hydrogen) atoms. The van der Waals surface area contributed by atoms with Crippen LogP contribution < -0.4 is 0 Å². The van der Waals surface area contributed by atoms with Crippen LogP contribution in [0.5, 0.6) is 0 Å². The lowest BCUT2D eigenvalue weighted by molar-refractivity contribution is 0.0602. The van der Waals surface area contributed by atoms with Gasteiger partial charge in [-0.05, 0) is 55.9 Å². The second-order valence-corrected chi connectivity index (χ2v) is 4.99. The summed E-state index contributed by atoms with van der Waals surface area (Å²) in [5.74, 6) is -0.255. The Labute approximate surface area is 106 Å². The van der Waals surface area contributed by atoms with Crippen LogP contribution in [0, 0.1) is 6.92 Å². The van der Waals surface area contributed by atoms with Gasteiger partial charge in [0, 0.05) is 16.6 Å². The van der Waals surface area contributed by atoms with Crippen LogP contribution in [0.1, 0.15) is 40.0 Å². The van der Waals surface area contributed by atoms with Crippen molar-refractivity contribution in [1.82, 2.24) is 4.98 Å². The molecule has 0 spiro atoms. The topological polar surface area (TPSA) is 42.1 Å². The Balaban J connectivity index is 2.25. The van der Waals surface area contributed by atoms with Gasteiger partial charge in [0.1, 0.15) is 0 Å². The van der Waals surface area contributed by atoms with Gasteiger partial charge in [0.05, 0.1) is 12.7 Å². The van der Waals surface area contributed by atoms with Crippen molar-refractivity contribution < 1.29 is 9.53 Å². The first kappa shape index (κ1) is 11.3. The smallest absolute Gasteiger partial charge is 0.340 e. The highest BCUT2D eigenvalue weighted by Gasteiger charge is 2.19. The molecule has 0 saturated carbocycles. The van der Waals surface area contributed by atoms with E-state index < -0.39 is 0 Å². The number of fused-ring (bicyclic) bond motifs is 2. The minimum atomic E-state index is -0.255. The zero-order valence-electron chi connectivity index (χ0n) is 10.8. The lowest BCUT2D eigenvalue weighted by Gasteiger charge is -2.15. The maximum atomic E-state index is 11.8. The number of benzene rings is 1. The summed E-state index contributed by atoms with van der Waals surface area (Å²) in [4.78, 5) is 15.1. The molecule has 0 amide bonds. The Morgan fingerprint density at radius 2 is 1.89 bits per heavy atom. The maximum absolute atomic E-state index is 11.8. The summed E-state index contributed by atoms with van der Waals surface area (Å²) in [7, 11) is 1.43. The lowest BCUT2D eigenvalue weighted by Crippen LogP contribution is -2.04. The van der Waals surface area contributed by atoms with Crippen molar-refractivity contribution in [2.45, 2.75) is 32.6 Å². The molecule has 0 radical (unpaired) electrons. The number of hydrogen-bond donors (Lipinski definition) is 1. The maximum Gasteiger partial charge on any atom is 0.340 e. The van der Waals surface area contributed by atoms with Crippen LogP contribution >= 0.6 is 0 Å². The van der Waals surface area contributed by atoms with E-state index in [0.29, 0.717) is 5.56 Å². The quantitative estimate of drug-likeness (QED) is 0.782. The molecule has 3 heteroatoms. The van der Waals surface area contributed by atoms with Crippen molar-refractivity contribution in [3.05, 3.63) is 34.5 Å². The van der Waals surface area contributed by atoms with Crippen LogP contribution in [-0.4, -0.2) is 18.1 Å². The SMILES string of the molecule is COC(=O)c1c(C)[nH]c2cc3c(cc12)CCCC3. The van der Waals surface area contributed by atoms with E-state index in [1.54, 1.807) is 0 Å². The van der Waals surface area contributed by atoms with E-state index in [-0.39, 0.29) is 5.97 Å². The summed E-state index contributed by atoms with van der Waals surface area (Å²) in [6, 6.07) is 4.36. The summed E-state index contributed by atoms with van der Waals surface area (Å²) in [5.41, 5.74) is 5.43. The summed E-state index contributed by atoms with van der Waals surface area (Å²) in [6.07, 6.45) is 4.78. The van der Waals surface area contributed by atoms with Crippen molar-refractivity contribution in [3.63, 3.8) is 0 Å². The van der Waals surface area contributed by atoms with Crippen LogP contribution in [0.3, 0.4) is 0 Å². The van der Waals surface area contributed by atoms with Crippen LogP contribution in [0.2, 0.25) is 0 Å². The number of esters is 1. The zero-order chi connectivity index (χ0) is 12.7. The third-order valence-corrected chi connectivity index (χ3v) is 3.84. The molecule has 3 nitrogen and oxygen atoms in total. The van der Waals surface area contributed by atoms with Gasteiger partial charge in [-0.15, -0.1) is 0 Å². The van der Waals surface area contributed by atoms with Gasteiger partial charge in [-0.3, -0.25) is 0 Å². The molecule has 94 valence electrons. The van der Waals surface area contributed by atoms with Crippen LogP contribution in [0.25, 0.3) is 10.9 Å². The van der Waals surface area contributed by atoms with E-state index in [1.165, 1.54) is 31.1 Å². The summed E-state index contributed by atoms with van der Waals surface area (Å²) >= 11 is 0. The number of carbonyl (C=O) groups excluding carboxylic acids is 1. The average molecular weight is 243 g/mol. The summed E-state index contributed by atoms with van der Waals surface area (Å²) in [5, 5.41) is 1.00. The van der Waals surface area contributed by atoms with Crippen molar-refractivity contribution in [3.8, 4) is 0 Å². The fourth-order valence-electron chi connectivity index (χ4n) is 2.93. The van der Waals surface area contributed by atoms with Gasteiger partial charge in [0.25, 0.3) is 0 Å².